The van der Waals surface area contributed by atoms with Crippen LogP contribution < -0.4 is 10.7 Å². The molecule has 0 amide bonds. The van der Waals surface area contributed by atoms with Crippen LogP contribution in [0.25, 0.3) is 0 Å². The Bertz CT molecular complexity index is 490. The largest absolute Gasteiger partial charge is 0.359 e. The zero-order valence-corrected chi connectivity index (χ0v) is 13.1. The molecule has 2 N–H and O–H groups in total. The molecule has 1 aliphatic rings. The van der Waals surface area contributed by atoms with Gasteiger partial charge in [0.25, 0.3) is 0 Å². The molecule has 0 aliphatic heterocycles. The second kappa shape index (κ2) is 7.39. The molecule has 0 saturated heterocycles. The van der Waals surface area contributed by atoms with E-state index in [1.165, 1.54) is 37.7 Å². The van der Waals surface area contributed by atoms with Gasteiger partial charge in [0.05, 0.1) is 5.71 Å². The summed E-state index contributed by atoms with van der Waals surface area (Å²) in [6.07, 6.45) is 6.37. The molecule has 0 radical (unpaired) electrons. The van der Waals surface area contributed by atoms with Gasteiger partial charge in [-0.3, -0.25) is 5.43 Å². The fourth-order valence-electron chi connectivity index (χ4n) is 2.64. The number of thiocarbonyl (C=S) groups is 1. The van der Waals surface area contributed by atoms with Gasteiger partial charge in [0, 0.05) is 11.6 Å². The maximum absolute atomic E-state index is 5.31. The minimum Gasteiger partial charge on any atom is -0.359 e. The molecule has 4 heteroatoms. The van der Waals surface area contributed by atoms with Crippen LogP contribution in [-0.2, 0) is 0 Å². The van der Waals surface area contributed by atoms with E-state index in [4.69, 9.17) is 12.2 Å². The van der Waals surface area contributed by atoms with Crippen LogP contribution in [0.4, 0.5) is 0 Å². The van der Waals surface area contributed by atoms with Gasteiger partial charge in [0.15, 0.2) is 5.11 Å². The molecule has 1 aliphatic carbocycles. The first kappa shape index (κ1) is 15.0. The quantitative estimate of drug-likeness (QED) is 0.508. The van der Waals surface area contributed by atoms with Gasteiger partial charge in [0.2, 0.25) is 0 Å². The van der Waals surface area contributed by atoms with Crippen molar-refractivity contribution in [3.8, 4) is 0 Å². The molecule has 0 heterocycles. The number of hydrogen-bond donors (Lipinski definition) is 2. The smallest absolute Gasteiger partial charge is 0.187 e. The van der Waals surface area contributed by atoms with Crippen LogP contribution in [0.2, 0.25) is 0 Å². The van der Waals surface area contributed by atoms with Crippen LogP contribution >= 0.6 is 12.2 Å². The highest BCUT2D eigenvalue weighted by molar-refractivity contribution is 7.80. The van der Waals surface area contributed by atoms with Crippen LogP contribution in [0.3, 0.4) is 0 Å². The van der Waals surface area contributed by atoms with E-state index in [1.54, 1.807) is 0 Å². The molecule has 0 spiro atoms. The summed E-state index contributed by atoms with van der Waals surface area (Å²) in [6.45, 7) is 4.09. The first-order valence-electron chi connectivity index (χ1n) is 7.33. The van der Waals surface area contributed by atoms with Crippen molar-refractivity contribution in [2.75, 3.05) is 0 Å². The summed E-state index contributed by atoms with van der Waals surface area (Å²) < 4.78 is 0. The van der Waals surface area contributed by atoms with Crippen molar-refractivity contribution in [1.29, 1.82) is 0 Å². The summed E-state index contributed by atoms with van der Waals surface area (Å²) in [6, 6.07) is 8.74. The van der Waals surface area contributed by atoms with Crippen molar-refractivity contribution in [3.05, 3.63) is 35.4 Å². The van der Waals surface area contributed by atoms with Crippen molar-refractivity contribution < 1.29 is 0 Å². The van der Waals surface area contributed by atoms with E-state index in [9.17, 15) is 0 Å². The monoisotopic (exact) mass is 289 g/mol. The van der Waals surface area contributed by atoms with Gasteiger partial charge < -0.3 is 5.32 Å². The maximum atomic E-state index is 5.31. The molecule has 1 saturated carbocycles. The van der Waals surface area contributed by atoms with E-state index >= 15 is 0 Å². The summed E-state index contributed by atoms with van der Waals surface area (Å²) in [5.41, 5.74) is 6.30. The van der Waals surface area contributed by atoms with Crippen molar-refractivity contribution >= 4 is 23.0 Å². The second-order valence-corrected chi connectivity index (χ2v) is 5.84. The number of nitrogens with zero attached hydrogens (tertiary/aromatic N) is 1. The molecular weight excluding hydrogens is 266 g/mol. The maximum Gasteiger partial charge on any atom is 0.187 e. The van der Waals surface area contributed by atoms with Crippen LogP contribution in [-0.4, -0.2) is 16.9 Å². The first-order valence-corrected chi connectivity index (χ1v) is 7.74. The third kappa shape index (κ3) is 4.30. The summed E-state index contributed by atoms with van der Waals surface area (Å²) in [4.78, 5) is 0. The van der Waals surface area contributed by atoms with Crippen molar-refractivity contribution in [1.82, 2.24) is 10.7 Å². The van der Waals surface area contributed by atoms with Gasteiger partial charge in [-0.2, -0.15) is 5.10 Å². The molecule has 2 rings (SSSR count). The molecule has 3 nitrogen and oxygen atoms in total. The topological polar surface area (TPSA) is 36.4 Å². The number of hydrogen-bond acceptors (Lipinski definition) is 2. The molecule has 0 aromatic heterocycles. The zero-order chi connectivity index (χ0) is 14.4. The summed E-state index contributed by atoms with van der Waals surface area (Å²) in [5.74, 6) is 0. The molecule has 1 aromatic rings. The van der Waals surface area contributed by atoms with Crippen molar-refractivity contribution in [2.45, 2.75) is 52.0 Å². The highest BCUT2D eigenvalue weighted by Crippen LogP contribution is 2.17. The highest BCUT2D eigenvalue weighted by atomic mass is 32.1. The lowest BCUT2D eigenvalue weighted by molar-refractivity contribution is 0.412. The molecule has 0 unspecified atom stereocenters. The van der Waals surface area contributed by atoms with Crippen molar-refractivity contribution in [2.24, 2.45) is 5.10 Å². The Morgan fingerprint density at radius 3 is 2.60 bits per heavy atom. The Morgan fingerprint density at radius 2 is 1.90 bits per heavy atom. The fraction of sp³-hybridized carbons (Fsp3) is 0.500. The van der Waals surface area contributed by atoms with Crippen LogP contribution in [0.1, 0.15) is 50.2 Å². The average molecular weight is 289 g/mol. The van der Waals surface area contributed by atoms with Gasteiger partial charge in [-0.1, -0.05) is 43.5 Å². The van der Waals surface area contributed by atoms with Crippen molar-refractivity contribution in [3.63, 3.8) is 0 Å². The third-order valence-electron chi connectivity index (χ3n) is 3.80. The molecule has 0 bridgehead atoms. The standard InChI is InChI=1S/C16H23N3S/c1-12-8-6-7-11-15(12)13(2)18-19-16(20)17-14-9-4-3-5-10-14/h6-8,11,14H,3-5,9-10H2,1-2H3,(H2,17,19,20)/b18-13-. The molecule has 20 heavy (non-hydrogen) atoms. The first-order chi connectivity index (χ1) is 9.66. The van der Waals surface area contributed by atoms with Crippen LogP contribution in [0.15, 0.2) is 29.4 Å². The van der Waals surface area contributed by atoms with E-state index in [0.717, 1.165) is 11.3 Å². The van der Waals surface area contributed by atoms with Gasteiger partial charge in [0.1, 0.15) is 0 Å². The number of hydrazone groups is 1. The molecule has 1 fully saturated rings. The van der Waals surface area contributed by atoms with Crippen LogP contribution in [0, 0.1) is 6.92 Å². The van der Waals surface area contributed by atoms with Gasteiger partial charge in [-0.15, -0.1) is 0 Å². The highest BCUT2D eigenvalue weighted by Gasteiger charge is 2.13. The second-order valence-electron chi connectivity index (χ2n) is 5.43. The Morgan fingerprint density at radius 1 is 1.20 bits per heavy atom. The molecule has 0 atom stereocenters. The van der Waals surface area contributed by atoms with Gasteiger partial charge in [-0.05, 0) is 44.5 Å². The van der Waals surface area contributed by atoms with E-state index in [2.05, 4.69) is 34.9 Å². The van der Waals surface area contributed by atoms with E-state index in [1.807, 2.05) is 19.1 Å². The lowest BCUT2D eigenvalue weighted by atomic mass is 9.96. The predicted octanol–water partition coefficient (Wildman–Crippen LogP) is 3.52. The Labute approximate surface area is 126 Å². The minimum atomic E-state index is 0.512. The van der Waals surface area contributed by atoms with E-state index in [0.29, 0.717) is 11.2 Å². The third-order valence-corrected chi connectivity index (χ3v) is 4.01. The Kier molecular flexibility index (Phi) is 5.53. The van der Waals surface area contributed by atoms with E-state index in [-0.39, 0.29) is 0 Å². The van der Waals surface area contributed by atoms with Gasteiger partial charge in [-0.25, -0.2) is 0 Å². The van der Waals surface area contributed by atoms with E-state index < -0.39 is 0 Å². The fourth-order valence-corrected chi connectivity index (χ4v) is 2.85. The van der Waals surface area contributed by atoms with Crippen LogP contribution in [0.5, 0.6) is 0 Å². The lowest BCUT2D eigenvalue weighted by Gasteiger charge is -2.23. The Hall–Kier alpha value is -1.42. The average Bonchev–Trinajstić information content (AvgIpc) is 2.46. The number of benzene rings is 1. The number of rotatable bonds is 3. The summed E-state index contributed by atoms with van der Waals surface area (Å²) in [5, 5.41) is 8.37. The minimum absolute atomic E-state index is 0.512. The lowest BCUT2D eigenvalue weighted by Crippen LogP contribution is -2.41. The SMILES string of the molecule is C/C(=N/NC(=S)NC1CCCCC1)c1ccccc1C. The zero-order valence-electron chi connectivity index (χ0n) is 12.3. The predicted molar refractivity (Wildman–Crippen MR) is 89.1 cm³/mol. The summed E-state index contributed by atoms with van der Waals surface area (Å²) in [7, 11) is 0. The normalized spacial score (nSPS) is 16.8. The molecule has 108 valence electrons. The number of aryl methyl sites for hydroxylation is 1. The molecule has 1 aromatic carbocycles. The summed E-state index contributed by atoms with van der Waals surface area (Å²) >= 11 is 5.31. The number of nitrogens with one attached hydrogen (secondary N) is 2. The van der Waals surface area contributed by atoms with Gasteiger partial charge >= 0.3 is 0 Å². The Balaban J connectivity index is 1.88. The molecular formula is C16H23N3S.